The van der Waals surface area contributed by atoms with E-state index >= 15 is 0 Å². The SMILES string of the molecule is Cc1ccc(CNC(=O)c2csc(NC(=O)c3cccc(Cl)c3)n2)o1. The van der Waals surface area contributed by atoms with Crippen LogP contribution in [-0.4, -0.2) is 16.8 Å². The van der Waals surface area contributed by atoms with Crippen LogP contribution in [0, 0.1) is 6.92 Å². The van der Waals surface area contributed by atoms with Crippen LogP contribution in [0.3, 0.4) is 0 Å². The van der Waals surface area contributed by atoms with Crippen molar-refractivity contribution in [2.75, 3.05) is 5.32 Å². The summed E-state index contributed by atoms with van der Waals surface area (Å²) in [5.41, 5.74) is 0.650. The zero-order valence-electron chi connectivity index (χ0n) is 13.2. The number of carbonyl (C=O) groups excluding carboxylic acids is 2. The number of anilines is 1. The first-order valence-corrected chi connectivity index (χ1v) is 8.63. The molecule has 2 aromatic heterocycles. The van der Waals surface area contributed by atoms with Crippen LogP contribution in [0.1, 0.15) is 32.4 Å². The molecule has 0 spiro atoms. The minimum absolute atomic E-state index is 0.231. The van der Waals surface area contributed by atoms with E-state index in [1.807, 2.05) is 13.0 Å². The zero-order chi connectivity index (χ0) is 17.8. The Bertz CT molecular complexity index is 919. The van der Waals surface area contributed by atoms with Crippen molar-refractivity contribution in [1.82, 2.24) is 10.3 Å². The van der Waals surface area contributed by atoms with E-state index in [1.165, 1.54) is 11.3 Å². The maximum atomic E-state index is 12.1. The molecule has 0 saturated heterocycles. The van der Waals surface area contributed by atoms with Gasteiger partial charge in [-0.25, -0.2) is 4.98 Å². The molecule has 0 bridgehead atoms. The lowest BCUT2D eigenvalue weighted by Crippen LogP contribution is -2.23. The van der Waals surface area contributed by atoms with E-state index in [1.54, 1.807) is 35.7 Å². The molecule has 0 saturated carbocycles. The largest absolute Gasteiger partial charge is 0.465 e. The fourth-order valence-electron chi connectivity index (χ4n) is 2.07. The molecule has 3 rings (SSSR count). The van der Waals surface area contributed by atoms with Crippen LogP contribution in [0.4, 0.5) is 5.13 Å². The number of rotatable bonds is 5. The predicted octanol–water partition coefficient (Wildman–Crippen LogP) is 3.88. The number of nitrogens with one attached hydrogen (secondary N) is 2. The zero-order valence-corrected chi connectivity index (χ0v) is 14.8. The third-order valence-corrected chi connectivity index (χ3v) is 4.26. The Morgan fingerprint density at radius 3 is 2.80 bits per heavy atom. The Hall–Kier alpha value is -2.64. The van der Waals surface area contributed by atoms with E-state index in [-0.39, 0.29) is 24.1 Å². The number of thiazole rings is 1. The lowest BCUT2D eigenvalue weighted by atomic mass is 10.2. The second-order valence-electron chi connectivity index (χ2n) is 5.20. The molecular formula is C17H14ClN3O3S. The van der Waals surface area contributed by atoms with Crippen molar-refractivity contribution in [2.24, 2.45) is 0 Å². The van der Waals surface area contributed by atoms with E-state index in [2.05, 4.69) is 15.6 Å². The van der Waals surface area contributed by atoms with Gasteiger partial charge in [-0.2, -0.15) is 0 Å². The first-order valence-electron chi connectivity index (χ1n) is 7.37. The summed E-state index contributed by atoms with van der Waals surface area (Å²) >= 11 is 7.04. The minimum atomic E-state index is -0.339. The number of amides is 2. The van der Waals surface area contributed by atoms with Crippen LogP contribution < -0.4 is 10.6 Å². The van der Waals surface area contributed by atoms with Crippen molar-refractivity contribution in [1.29, 1.82) is 0 Å². The van der Waals surface area contributed by atoms with Gasteiger partial charge in [0.05, 0.1) is 6.54 Å². The average molecular weight is 376 g/mol. The summed E-state index contributed by atoms with van der Waals surface area (Å²) in [4.78, 5) is 28.4. The van der Waals surface area contributed by atoms with E-state index in [0.29, 0.717) is 21.5 Å². The van der Waals surface area contributed by atoms with Crippen LogP contribution in [0.15, 0.2) is 46.2 Å². The van der Waals surface area contributed by atoms with Gasteiger partial charge in [-0.15, -0.1) is 11.3 Å². The molecule has 1 aromatic carbocycles. The number of halogens is 1. The third-order valence-electron chi connectivity index (χ3n) is 3.26. The Balaban J connectivity index is 1.59. The molecular weight excluding hydrogens is 362 g/mol. The summed E-state index contributed by atoms with van der Waals surface area (Å²) < 4.78 is 5.39. The molecule has 8 heteroatoms. The van der Waals surface area contributed by atoms with Gasteiger partial charge in [-0.05, 0) is 37.3 Å². The molecule has 0 aliphatic heterocycles. The van der Waals surface area contributed by atoms with Crippen molar-refractivity contribution in [3.63, 3.8) is 0 Å². The number of aromatic nitrogens is 1. The summed E-state index contributed by atoms with van der Waals surface area (Å²) in [6, 6.07) is 10.2. The van der Waals surface area contributed by atoms with Crippen LogP contribution in [0.5, 0.6) is 0 Å². The van der Waals surface area contributed by atoms with E-state index < -0.39 is 0 Å². The van der Waals surface area contributed by atoms with Gasteiger partial charge in [-0.3, -0.25) is 14.9 Å². The van der Waals surface area contributed by atoms with Crippen LogP contribution >= 0.6 is 22.9 Å². The number of nitrogens with zero attached hydrogens (tertiary/aromatic N) is 1. The van der Waals surface area contributed by atoms with E-state index in [9.17, 15) is 9.59 Å². The molecule has 2 amide bonds. The second-order valence-corrected chi connectivity index (χ2v) is 6.49. The fraction of sp³-hybridized carbons (Fsp3) is 0.118. The van der Waals surface area contributed by atoms with Gasteiger partial charge < -0.3 is 9.73 Å². The van der Waals surface area contributed by atoms with Crippen molar-refractivity contribution >= 4 is 39.9 Å². The quantitative estimate of drug-likeness (QED) is 0.708. The summed E-state index contributed by atoms with van der Waals surface area (Å²) in [7, 11) is 0. The van der Waals surface area contributed by atoms with Gasteiger partial charge in [0.2, 0.25) is 0 Å². The highest BCUT2D eigenvalue weighted by Crippen LogP contribution is 2.18. The first-order chi connectivity index (χ1) is 12.0. The number of hydrogen-bond acceptors (Lipinski definition) is 5. The number of hydrogen-bond donors (Lipinski definition) is 2. The second kappa shape index (κ2) is 7.50. The smallest absolute Gasteiger partial charge is 0.271 e. The highest BCUT2D eigenvalue weighted by molar-refractivity contribution is 7.14. The Labute approximate surface area is 152 Å². The van der Waals surface area contributed by atoms with Crippen molar-refractivity contribution < 1.29 is 14.0 Å². The molecule has 128 valence electrons. The lowest BCUT2D eigenvalue weighted by Gasteiger charge is -2.02. The molecule has 0 atom stereocenters. The first kappa shape index (κ1) is 17.2. The van der Waals surface area contributed by atoms with Crippen molar-refractivity contribution in [3.8, 4) is 0 Å². The normalized spacial score (nSPS) is 10.5. The number of aryl methyl sites for hydroxylation is 1. The highest BCUT2D eigenvalue weighted by Gasteiger charge is 2.14. The third kappa shape index (κ3) is 4.46. The Kier molecular flexibility index (Phi) is 5.16. The number of furan rings is 1. The van der Waals surface area contributed by atoms with Gasteiger partial charge in [0.25, 0.3) is 11.8 Å². The van der Waals surface area contributed by atoms with Gasteiger partial charge in [0.15, 0.2) is 5.13 Å². The molecule has 25 heavy (non-hydrogen) atoms. The molecule has 6 nitrogen and oxygen atoms in total. The monoisotopic (exact) mass is 375 g/mol. The van der Waals surface area contributed by atoms with Crippen molar-refractivity contribution in [2.45, 2.75) is 13.5 Å². The molecule has 0 radical (unpaired) electrons. The lowest BCUT2D eigenvalue weighted by molar-refractivity contribution is 0.0942. The number of benzene rings is 1. The summed E-state index contributed by atoms with van der Waals surface area (Å²) in [6.07, 6.45) is 0. The molecule has 0 aliphatic carbocycles. The Morgan fingerprint density at radius 1 is 1.24 bits per heavy atom. The van der Waals surface area contributed by atoms with Gasteiger partial charge in [0.1, 0.15) is 17.2 Å². The Morgan fingerprint density at radius 2 is 2.08 bits per heavy atom. The van der Waals surface area contributed by atoms with Gasteiger partial charge in [0, 0.05) is 16.0 Å². The maximum Gasteiger partial charge on any atom is 0.271 e. The number of carbonyl (C=O) groups is 2. The summed E-state index contributed by atoms with van der Waals surface area (Å²) in [5.74, 6) is 0.767. The summed E-state index contributed by atoms with van der Waals surface area (Å²) in [5, 5.41) is 7.75. The van der Waals surface area contributed by atoms with Crippen LogP contribution in [-0.2, 0) is 6.54 Å². The fourth-order valence-corrected chi connectivity index (χ4v) is 2.95. The van der Waals surface area contributed by atoms with E-state index in [4.69, 9.17) is 16.0 Å². The van der Waals surface area contributed by atoms with E-state index in [0.717, 1.165) is 5.76 Å². The molecule has 2 N–H and O–H groups in total. The van der Waals surface area contributed by atoms with Crippen molar-refractivity contribution in [3.05, 3.63) is 69.6 Å². The average Bonchev–Trinajstić information content (AvgIpc) is 3.22. The minimum Gasteiger partial charge on any atom is -0.465 e. The highest BCUT2D eigenvalue weighted by atomic mass is 35.5. The van der Waals surface area contributed by atoms with Crippen LogP contribution in [0.2, 0.25) is 5.02 Å². The molecule has 0 aliphatic rings. The topological polar surface area (TPSA) is 84.2 Å². The van der Waals surface area contributed by atoms with Gasteiger partial charge in [-0.1, -0.05) is 17.7 Å². The molecule has 0 unspecified atom stereocenters. The maximum absolute atomic E-state index is 12.1. The standard InChI is InChI=1S/C17H14ClN3O3S/c1-10-5-6-13(24-10)8-19-16(23)14-9-25-17(20-14)21-15(22)11-3-2-4-12(18)7-11/h2-7,9H,8H2,1H3,(H,19,23)(H,20,21,22). The predicted molar refractivity (Wildman–Crippen MR) is 96.1 cm³/mol. The summed E-state index contributed by atoms with van der Waals surface area (Å²) in [6.45, 7) is 2.11. The van der Waals surface area contributed by atoms with Gasteiger partial charge >= 0.3 is 0 Å². The molecule has 3 aromatic rings. The molecule has 2 heterocycles. The molecule has 0 fully saturated rings. The van der Waals surface area contributed by atoms with Crippen LogP contribution in [0.25, 0.3) is 0 Å².